The fraction of sp³-hybridized carbons (Fsp3) is 0. The number of benzene rings is 2. The molecule has 0 radical (unpaired) electrons. The molecule has 2 aromatic heterocycles. The summed E-state index contributed by atoms with van der Waals surface area (Å²) in [6, 6.07) is 19.9. The minimum absolute atomic E-state index is 0.230. The number of hydrogen-bond acceptors (Lipinski definition) is 3. The van der Waals surface area contributed by atoms with Gasteiger partial charge in [-0.3, -0.25) is 4.79 Å². The van der Waals surface area contributed by atoms with Crippen molar-refractivity contribution in [2.45, 2.75) is 0 Å². The van der Waals surface area contributed by atoms with Crippen molar-refractivity contribution in [2.75, 3.05) is 5.32 Å². The van der Waals surface area contributed by atoms with Gasteiger partial charge in [0, 0.05) is 11.3 Å². The molecular formula is C21H14Cl2N4O. The van der Waals surface area contributed by atoms with Crippen molar-refractivity contribution >= 4 is 34.8 Å². The first-order valence-electron chi connectivity index (χ1n) is 8.44. The zero-order valence-electron chi connectivity index (χ0n) is 14.5. The van der Waals surface area contributed by atoms with E-state index in [-0.39, 0.29) is 16.8 Å². The van der Waals surface area contributed by atoms with Crippen molar-refractivity contribution in [1.29, 1.82) is 0 Å². The summed E-state index contributed by atoms with van der Waals surface area (Å²) >= 11 is 12.2. The lowest BCUT2D eigenvalue weighted by atomic mass is 10.1. The highest BCUT2D eigenvalue weighted by Crippen LogP contribution is 2.30. The average molecular weight is 409 g/mol. The van der Waals surface area contributed by atoms with E-state index in [1.165, 1.54) is 0 Å². The van der Waals surface area contributed by atoms with Crippen LogP contribution in [0.25, 0.3) is 22.6 Å². The molecule has 28 heavy (non-hydrogen) atoms. The van der Waals surface area contributed by atoms with Crippen LogP contribution in [0.2, 0.25) is 10.2 Å². The summed E-state index contributed by atoms with van der Waals surface area (Å²) in [4.78, 5) is 24.1. The third kappa shape index (κ3) is 3.91. The summed E-state index contributed by atoms with van der Waals surface area (Å²) in [5, 5.41) is 3.58. The Morgan fingerprint density at radius 2 is 1.79 bits per heavy atom. The van der Waals surface area contributed by atoms with E-state index in [1.54, 1.807) is 42.6 Å². The molecule has 0 aliphatic heterocycles. The molecule has 0 aliphatic carbocycles. The maximum atomic E-state index is 12.4. The normalized spacial score (nSPS) is 10.6. The van der Waals surface area contributed by atoms with E-state index in [2.05, 4.69) is 20.3 Å². The van der Waals surface area contributed by atoms with Crippen molar-refractivity contribution in [3.63, 3.8) is 0 Å². The standard InChI is InChI=1S/C21H14Cl2N4O/c22-16-10-9-14(25-21(28)17-7-4-8-19(23)26-17)11-15(16)20-24-12-18(27-20)13-5-2-1-3-6-13/h1-12H,(H,24,27)(H,25,28). The first kappa shape index (κ1) is 18.2. The van der Waals surface area contributed by atoms with E-state index in [9.17, 15) is 4.79 Å². The molecule has 1 amide bonds. The third-order valence-corrected chi connectivity index (χ3v) is 4.63. The molecule has 2 aromatic carbocycles. The summed E-state index contributed by atoms with van der Waals surface area (Å²) < 4.78 is 0. The number of nitrogens with zero attached hydrogens (tertiary/aromatic N) is 2. The van der Waals surface area contributed by atoms with Crippen molar-refractivity contribution in [3.05, 3.63) is 88.8 Å². The van der Waals surface area contributed by atoms with E-state index in [1.807, 2.05) is 30.3 Å². The predicted molar refractivity (Wildman–Crippen MR) is 112 cm³/mol. The van der Waals surface area contributed by atoms with Gasteiger partial charge < -0.3 is 10.3 Å². The van der Waals surface area contributed by atoms with Crippen LogP contribution in [0.5, 0.6) is 0 Å². The molecule has 5 nitrogen and oxygen atoms in total. The van der Waals surface area contributed by atoms with Gasteiger partial charge in [0.1, 0.15) is 16.7 Å². The lowest BCUT2D eigenvalue weighted by molar-refractivity contribution is 0.102. The molecule has 4 rings (SSSR count). The third-order valence-electron chi connectivity index (χ3n) is 4.09. The van der Waals surface area contributed by atoms with E-state index in [0.717, 1.165) is 11.3 Å². The van der Waals surface area contributed by atoms with Crippen LogP contribution in [0.1, 0.15) is 10.5 Å². The summed E-state index contributed by atoms with van der Waals surface area (Å²) in [7, 11) is 0. The van der Waals surface area contributed by atoms with Crippen LogP contribution < -0.4 is 5.32 Å². The number of H-pyrrole nitrogens is 1. The molecule has 2 N–H and O–H groups in total. The van der Waals surface area contributed by atoms with Crippen LogP contribution in [-0.4, -0.2) is 20.9 Å². The Labute approximate surface area is 171 Å². The number of carbonyl (C=O) groups excluding carboxylic acids is 1. The first-order valence-corrected chi connectivity index (χ1v) is 9.20. The van der Waals surface area contributed by atoms with Gasteiger partial charge in [0.05, 0.1) is 16.9 Å². The zero-order valence-corrected chi connectivity index (χ0v) is 16.0. The monoisotopic (exact) mass is 408 g/mol. The number of carbonyl (C=O) groups is 1. The molecule has 4 aromatic rings. The Kier molecular flexibility index (Phi) is 5.10. The number of nitrogens with one attached hydrogen (secondary N) is 2. The highest BCUT2D eigenvalue weighted by molar-refractivity contribution is 6.33. The Balaban J connectivity index is 1.61. The molecular weight excluding hydrogens is 395 g/mol. The molecule has 7 heteroatoms. The SMILES string of the molecule is O=C(Nc1ccc(Cl)c(-c2ncc(-c3ccccc3)[nH]2)c1)c1cccc(Cl)n1. The Hall–Kier alpha value is -3.15. The van der Waals surface area contributed by atoms with Gasteiger partial charge in [-0.2, -0.15) is 0 Å². The fourth-order valence-electron chi connectivity index (χ4n) is 2.74. The zero-order chi connectivity index (χ0) is 19.5. The van der Waals surface area contributed by atoms with Crippen molar-refractivity contribution < 1.29 is 4.79 Å². The lowest BCUT2D eigenvalue weighted by Gasteiger charge is -2.08. The van der Waals surface area contributed by atoms with Crippen molar-refractivity contribution in [3.8, 4) is 22.6 Å². The molecule has 0 unspecified atom stereocenters. The minimum atomic E-state index is -0.361. The second-order valence-electron chi connectivity index (χ2n) is 6.01. The highest BCUT2D eigenvalue weighted by atomic mass is 35.5. The number of pyridine rings is 1. The van der Waals surface area contributed by atoms with Crippen LogP contribution in [0.4, 0.5) is 5.69 Å². The molecule has 0 saturated heterocycles. The number of rotatable bonds is 4. The van der Waals surface area contributed by atoms with Gasteiger partial charge in [0.15, 0.2) is 0 Å². The Morgan fingerprint density at radius 1 is 0.964 bits per heavy atom. The molecule has 0 fully saturated rings. The minimum Gasteiger partial charge on any atom is -0.338 e. The molecule has 0 aliphatic rings. The maximum Gasteiger partial charge on any atom is 0.274 e. The summed E-state index contributed by atoms with van der Waals surface area (Å²) in [5.41, 5.74) is 3.39. The van der Waals surface area contributed by atoms with Gasteiger partial charge in [-0.25, -0.2) is 9.97 Å². The fourth-order valence-corrected chi connectivity index (χ4v) is 3.11. The van der Waals surface area contributed by atoms with Crippen molar-refractivity contribution in [1.82, 2.24) is 15.0 Å². The summed E-state index contributed by atoms with van der Waals surface area (Å²) in [6.07, 6.45) is 1.75. The first-order chi connectivity index (χ1) is 13.6. The van der Waals surface area contributed by atoms with Gasteiger partial charge in [0.25, 0.3) is 5.91 Å². The molecule has 0 saturated carbocycles. The molecule has 2 heterocycles. The van der Waals surface area contributed by atoms with Crippen LogP contribution in [-0.2, 0) is 0 Å². The van der Waals surface area contributed by atoms with Crippen LogP contribution >= 0.6 is 23.2 Å². The average Bonchev–Trinajstić information content (AvgIpc) is 3.20. The maximum absolute atomic E-state index is 12.4. The summed E-state index contributed by atoms with van der Waals surface area (Å²) in [5.74, 6) is 0.251. The predicted octanol–water partition coefficient (Wildman–Crippen LogP) is 5.70. The van der Waals surface area contributed by atoms with Gasteiger partial charge in [-0.15, -0.1) is 0 Å². The van der Waals surface area contributed by atoms with Gasteiger partial charge in [-0.05, 0) is 35.9 Å². The molecule has 138 valence electrons. The molecule has 0 atom stereocenters. The number of anilines is 1. The number of aromatic nitrogens is 3. The van der Waals surface area contributed by atoms with Gasteiger partial charge in [-0.1, -0.05) is 59.6 Å². The summed E-state index contributed by atoms with van der Waals surface area (Å²) in [6.45, 7) is 0. The molecule has 0 spiro atoms. The van der Waals surface area contributed by atoms with Gasteiger partial charge in [0.2, 0.25) is 0 Å². The van der Waals surface area contributed by atoms with Crippen LogP contribution in [0, 0.1) is 0 Å². The number of aromatic amines is 1. The largest absolute Gasteiger partial charge is 0.338 e. The molecule has 0 bridgehead atoms. The quantitative estimate of drug-likeness (QED) is 0.425. The number of halogens is 2. The topological polar surface area (TPSA) is 70.7 Å². The Morgan fingerprint density at radius 3 is 2.57 bits per heavy atom. The van der Waals surface area contributed by atoms with E-state index < -0.39 is 0 Å². The highest BCUT2D eigenvalue weighted by Gasteiger charge is 2.13. The second-order valence-corrected chi connectivity index (χ2v) is 6.80. The smallest absolute Gasteiger partial charge is 0.274 e. The van der Waals surface area contributed by atoms with Crippen LogP contribution in [0.15, 0.2) is 72.9 Å². The van der Waals surface area contributed by atoms with Gasteiger partial charge >= 0.3 is 0 Å². The number of imidazole rings is 1. The number of hydrogen-bond donors (Lipinski definition) is 2. The van der Waals surface area contributed by atoms with E-state index in [4.69, 9.17) is 23.2 Å². The van der Waals surface area contributed by atoms with Crippen molar-refractivity contribution in [2.24, 2.45) is 0 Å². The lowest BCUT2D eigenvalue weighted by Crippen LogP contribution is -2.13. The van der Waals surface area contributed by atoms with E-state index >= 15 is 0 Å². The van der Waals surface area contributed by atoms with E-state index in [0.29, 0.717) is 22.1 Å². The number of amides is 1. The second kappa shape index (κ2) is 7.84. The Bertz CT molecular complexity index is 1140. The van der Waals surface area contributed by atoms with Crippen LogP contribution in [0.3, 0.4) is 0 Å².